The standard InChI is InChI=1S/C12H12ClS/c1-2-3-4-11-8-9-7-10(13)5-6-12(9)14-11/h5-8H,1-4H2. The molecule has 0 atom stereocenters. The Hall–Kier alpha value is -0.530. The highest BCUT2D eigenvalue weighted by molar-refractivity contribution is 7.19. The minimum absolute atomic E-state index is 0.819. The Morgan fingerprint density at radius 3 is 2.93 bits per heavy atom. The number of hydrogen-bond donors (Lipinski definition) is 0. The number of fused-ring (bicyclic) bond motifs is 1. The van der Waals surface area contributed by atoms with Gasteiger partial charge in [-0.05, 0) is 42.5 Å². The van der Waals surface area contributed by atoms with Gasteiger partial charge in [0.1, 0.15) is 0 Å². The molecule has 73 valence electrons. The molecule has 2 rings (SSSR count). The van der Waals surface area contributed by atoms with Crippen LogP contribution in [0.15, 0.2) is 24.3 Å². The van der Waals surface area contributed by atoms with E-state index in [4.69, 9.17) is 11.6 Å². The third-order valence-corrected chi connectivity index (χ3v) is 3.61. The van der Waals surface area contributed by atoms with Gasteiger partial charge in [0, 0.05) is 14.6 Å². The lowest BCUT2D eigenvalue weighted by molar-refractivity contribution is 0.853. The van der Waals surface area contributed by atoms with E-state index in [1.807, 2.05) is 23.5 Å². The zero-order valence-corrected chi connectivity index (χ0v) is 9.50. The Morgan fingerprint density at radius 1 is 1.29 bits per heavy atom. The first kappa shape index (κ1) is 10.0. The van der Waals surface area contributed by atoms with Gasteiger partial charge in [0.15, 0.2) is 0 Å². The van der Waals surface area contributed by atoms with Gasteiger partial charge < -0.3 is 0 Å². The summed E-state index contributed by atoms with van der Waals surface area (Å²) in [7, 11) is 0. The fraction of sp³-hybridized carbons (Fsp3) is 0.250. The van der Waals surface area contributed by atoms with Crippen molar-refractivity contribution < 1.29 is 0 Å². The van der Waals surface area contributed by atoms with E-state index in [1.165, 1.54) is 21.4 Å². The summed E-state index contributed by atoms with van der Waals surface area (Å²) in [6.07, 6.45) is 3.32. The number of hydrogen-bond acceptors (Lipinski definition) is 1. The summed E-state index contributed by atoms with van der Waals surface area (Å²) >= 11 is 7.79. The van der Waals surface area contributed by atoms with Crippen LogP contribution in [0.1, 0.15) is 17.7 Å². The molecule has 2 heteroatoms. The maximum atomic E-state index is 5.93. The molecule has 0 aliphatic rings. The van der Waals surface area contributed by atoms with Crippen molar-refractivity contribution >= 4 is 33.0 Å². The van der Waals surface area contributed by atoms with E-state index in [-0.39, 0.29) is 0 Å². The number of unbranched alkanes of at least 4 members (excludes halogenated alkanes) is 1. The molecule has 0 unspecified atom stereocenters. The molecule has 1 aromatic heterocycles. The Labute approximate surface area is 93.5 Å². The van der Waals surface area contributed by atoms with Crippen molar-refractivity contribution in [3.8, 4) is 0 Å². The fourth-order valence-corrected chi connectivity index (χ4v) is 2.76. The second kappa shape index (κ2) is 4.33. The molecule has 14 heavy (non-hydrogen) atoms. The first-order valence-corrected chi connectivity index (χ1v) is 5.96. The number of benzene rings is 1. The molecule has 0 aliphatic heterocycles. The van der Waals surface area contributed by atoms with Gasteiger partial charge in [-0.1, -0.05) is 24.9 Å². The summed E-state index contributed by atoms with van der Waals surface area (Å²) in [5, 5.41) is 2.08. The zero-order chi connectivity index (χ0) is 9.97. The Kier molecular flexibility index (Phi) is 3.09. The topological polar surface area (TPSA) is 0 Å². The Balaban J connectivity index is 2.32. The van der Waals surface area contributed by atoms with E-state index in [1.54, 1.807) is 0 Å². The van der Waals surface area contributed by atoms with Gasteiger partial charge in [0.25, 0.3) is 0 Å². The van der Waals surface area contributed by atoms with E-state index >= 15 is 0 Å². The second-order valence-corrected chi connectivity index (χ2v) is 4.96. The largest absolute Gasteiger partial charge is 0.140 e. The smallest absolute Gasteiger partial charge is 0.0412 e. The van der Waals surface area contributed by atoms with Crippen molar-refractivity contribution in [2.24, 2.45) is 0 Å². The highest BCUT2D eigenvalue weighted by Gasteiger charge is 2.01. The molecular formula is C12H12ClS. The fourth-order valence-electron chi connectivity index (χ4n) is 1.49. The van der Waals surface area contributed by atoms with Crippen molar-refractivity contribution in [3.05, 3.63) is 41.1 Å². The predicted octanol–water partition coefficient (Wildman–Crippen LogP) is 4.71. The quantitative estimate of drug-likeness (QED) is 0.707. The molecule has 0 amide bonds. The molecule has 0 saturated carbocycles. The van der Waals surface area contributed by atoms with E-state index in [9.17, 15) is 0 Å². The Morgan fingerprint density at radius 2 is 2.14 bits per heavy atom. The predicted molar refractivity (Wildman–Crippen MR) is 65.1 cm³/mol. The van der Waals surface area contributed by atoms with Gasteiger partial charge >= 0.3 is 0 Å². The van der Waals surface area contributed by atoms with Crippen LogP contribution in [-0.2, 0) is 6.42 Å². The number of thiophene rings is 1. The summed E-state index contributed by atoms with van der Waals surface area (Å²) in [4.78, 5) is 1.44. The maximum Gasteiger partial charge on any atom is 0.0412 e. The first-order valence-electron chi connectivity index (χ1n) is 4.77. The van der Waals surface area contributed by atoms with E-state index in [0.717, 1.165) is 17.9 Å². The van der Waals surface area contributed by atoms with Gasteiger partial charge in [-0.2, -0.15) is 0 Å². The monoisotopic (exact) mass is 223 g/mol. The first-order chi connectivity index (χ1) is 6.79. The van der Waals surface area contributed by atoms with Crippen LogP contribution in [0, 0.1) is 6.92 Å². The second-order valence-electron chi connectivity index (χ2n) is 3.35. The molecule has 1 aromatic carbocycles. The average molecular weight is 224 g/mol. The van der Waals surface area contributed by atoms with Gasteiger partial charge in [0.05, 0.1) is 0 Å². The van der Waals surface area contributed by atoms with Gasteiger partial charge in [-0.15, -0.1) is 11.3 Å². The molecule has 0 bridgehead atoms. The summed E-state index contributed by atoms with van der Waals surface area (Å²) in [5.41, 5.74) is 0. The van der Waals surface area contributed by atoms with Crippen LogP contribution in [-0.4, -0.2) is 0 Å². The zero-order valence-electron chi connectivity index (χ0n) is 7.92. The van der Waals surface area contributed by atoms with Crippen molar-refractivity contribution in [1.82, 2.24) is 0 Å². The Bertz CT molecular complexity index is 431. The third kappa shape index (κ3) is 2.10. The lowest BCUT2D eigenvalue weighted by atomic mass is 10.2. The van der Waals surface area contributed by atoms with Gasteiger partial charge in [-0.3, -0.25) is 0 Å². The summed E-state index contributed by atoms with van der Waals surface area (Å²) in [6.45, 7) is 3.85. The van der Waals surface area contributed by atoms with Crippen molar-refractivity contribution in [1.29, 1.82) is 0 Å². The van der Waals surface area contributed by atoms with Crippen LogP contribution in [0.3, 0.4) is 0 Å². The summed E-state index contributed by atoms with van der Waals surface area (Å²) < 4.78 is 1.33. The van der Waals surface area contributed by atoms with Gasteiger partial charge in [0.2, 0.25) is 0 Å². The van der Waals surface area contributed by atoms with Crippen molar-refractivity contribution in [3.63, 3.8) is 0 Å². The molecule has 1 heterocycles. The molecule has 0 fully saturated rings. The highest BCUT2D eigenvalue weighted by atomic mass is 35.5. The minimum Gasteiger partial charge on any atom is -0.140 e. The average Bonchev–Trinajstić information content (AvgIpc) is 2.56. The van der Waals surface area contributed by atoms with E-state index < -0.39 is 0 Å². The minimum atomic E-state index is 0.819. The molecule has 0 saturated heterocycles. The molecule has 0 aliphatic carbocycles. The third-order valence-electron chi connectivity index (χ3n) is 2.20. The summed E-state index contributed by atoms with van der Waals surface area (Å²) in [6, 6.07) is 8.31. The molecule has 0 N–H and O–H groups in total. The van der Waals surface area contributed by atoms with Gasteiger partial charge in [-0.25, -0.2) is 0 Å². The van der Waals surface area contributed by atoms with E-state index in [2.05, 4.69) is 19.1 Å². The summed E-state index contributed by atoms with van der Waals surface area (Å²) in [5.74, 6) is 0. The van der Waals surface area contributed by atoms with Crippen LogP contribution in [0.2, 0.25) is 5.02 Å². The number of halogens is 1. The van der Waals surface area contributed by atoms with Crippen molar-refractivity contribution in [2.75, 3.05) is 0 Å². The van der Waals surface area contributed by atoms with Crippen LogP contribution in [0.25, 0.3) is 10.1 Å². The normalized spacial score (nSPS) is 11.0. The molecule has 0 spiro atoms. The number of aryl methyl sites for hydroxylation is 1. The maximum absolute atomic E-state index is 5.93. The lowest BCUT2D eigenvalue weighted by Gasteiger charge is -1.90. The van der Waals surface area contributed by atoms with Crippen LogP contribution in [0.5, 0.6) is 0 Å². The molecule has 0 nitrogen and oxygen atoms in total. The molecule has 1 radical (unpaired) electrons. The lowest BCUT2D eigenvalue weighted by Crippen LogP contribution is -1.76. The molecular weight excluding hydrogens is 212 g/mol. The molecule has 2 aromatic rings. The van der Waals surface area contributed by atoms with Crippen molar-refractivity contribution in [2.45, 2.75) is 19.3 Å². The number of rotatable bonds is 3. The van der Waals surface area contributed by atoms with Crippen LogP contribution < -0.4 is 0 Å². The van der Waals surface area contributed by atoms with E-state index in [0.29, 0.717) is 0 Å². The SMILES string of the molecule is [CH2]CCCc1cc2cc(Cl)ccc2s1. The van der Waals surface area contributed by atoms with Crippen LogP contribution >= 0.6 is 22.9 Å². The highest BCUT2D eigenvalue weighted by Crippen LogP contribution is 2.28. The van der Waals surface area contributed by atoms with Crippen LogP contribution in [0.4, 0.5) is 0 Å².